The van der Waals surface area contributed by atoms with Crippen LogP contribution in [0.3, 0.4) is 0 Å². The van der Waals surface area contributed by atoms with Crippen molar-refractivity contribution >= 4 is 0 Å². The third kappa shape index (κ3) is 3.32. The fraction of sp³-hybridized carbons (Fsp3) is 0.727. The maximum absolute atomic E-state index is 3.94. The van der Waals surface area contributed by atoms with E-state index < -0.39 is 0 Å². The lowest BCUT2D eigenvalue weighted by Crippen LogP contribution is -2.29. The van der Waals surface area contributed by atoms with E-state index in [9.17, 15) is 0 Å². The second-order valence-electron chi connectivity index (χ2n) is 4.39. The molecule has 2 rings (SSSR count). The van der Waals surface area contributed by atoms with Gasteiger partial charge >= 0.3 is 0 Å². The summed E-state index contributed by atoms with van der Waals surface area (Å²) in [7, 11) is 2.21. The van der Waals surface area contributed by atoms with Gasteiger partial charge in [-0.3, -0.25) is 5.10 Å². The van der Waals surface area contributed by atoms with Crippen LogP contribution in [0.1, 0.15) is 25.0 Å². The van der Waals surface area contributed by atoms with Crippen LogP contribution in [0.15, 0.2) is 12.3 Å². The van der Waals surface area contributed by atoms with Gasteiger partial charge in [0.15, 0.2) is 0 Å². The van der Waals surface area contributed by atoms with Crippen molar-refractivity contribution in [2.24, 2.45) is 0 Å². The Labute approximate surface area is 91.1 Å². The molecule has 1 aliphatic rings. The van der Waals surface area contributed by atoms with Crippen LogP contribution in [-0.2, 0) is 6.54 Å². The summed E-state index contributed by atoms with van der Waals surface area (Å²) in [5.41, 5.74) is 1.17. The normalized spacial score (nSPS) is 23.9. The Balaban J connectivity index is 1.74. The van der Waals surface area contributed by atoms with Crippen molar-refractivity contribution in [2.45, 2.75) is 31.8 Å². The smallest absolute Gasteiger partial charge is 0.0490 e. The lowest BCUT2D eigenvalue weighted by atomic mass is 10.1. The lowest BCUT2D eigenvalue weighted by Gasteiger charge is -2.16. The SMILES string of the molecule is CN1CCCC(NCc2ccn[nH]2)CC1. The first-order chi connectivity index (χ1) is 7.34. The largest absolute Gasteiger partial charge is 0.308 e. The molecular formula is C11H20N4. The standard InChI is InChI=1S/C11H20N4/c1-15-7-2-3-10(5-8-15)12-9-11-4-6-13-14-11/h4,6,10,12H,2-3,5,7-9H2,1H3,(H,13,14). The van der Waals surface area contributed by atoms with Gasteiger partial charge < -0.3 is 10.2 Å². The summed E-state index contributed by atoms with van der Waals surface area (Å²) in [6.45, 7) is 3.36. The van der Waals surface area contributed by atoms with Gasteiger partial charge in [-0.05, 0) is 45.5 Å². The number of rotatable bonds is 3. The van der Waals surface area contributed by atoms with Crippen molar-refractivity contribution in [3.63, 3.8) is 0 Å². The quantitative estimate of drug-likeness (QED) is 0.778. The summed E-state index contributed by atoms with van der Waals surface area (Å²) in [5, 5.41) is 10.5. The lowest BCUT2D eigenvalue weighted by molar-refractivity contribution is 0.343. The first-order valence-electron chi connectivity index (χ1n) is 5.75. The van der Waals surface area contributed by atoms with Gasteiger partial charge in [-0.1, -0.05) is 0 Å². The molecule has 1 fully saturated rings. The molecule has 0 radical (unpaired) electrons. The zero-order valence-electron chi connectivity index (χ0n) is 9.37. The minimum Gasteiger partial charge on any atom is -0.308 e. The minimum atomic E-state index is 0.665. The highest BCUT2D eigenvalue weighted by atomic mass is 15.1. The van der Waals surface area contributed by atoms with E-state index in [-0.39, 0.29) is 0 Å². The van der Waals surface area contributed by atoms with Crippen LogP contribution in [0.2, 0.25) is 0 Å². The molecule has 0 spiro atoms. The number of H-pyrrole nitrogens is 1. The Hall–Kier alpha value is -0.870. The van der Waals surface area contributed by atoms with E-state index >= 15 is 0 Å². The van der Waals surface area contributed by atoms with Gasteiger partial charge in [0.1, 0.15) is 0 Å². The molecule has 4 nitrogen and oxygen atoms in total. The van der Waals surface area contributed by atoms with E-state index in [0.717, 1.165) is 6.54 Å². The van der Waals surface area contributed by atoms with Crippen molar-refractivity contribution in [3.05, 3.63) is 18.0 Å². The van der Waals surface area contributed by atoms with Crippen LogP contribution in [0, 0.1) is 0 Å². The predicted octanol–water partition coefficient (Wildman–Crippen LogP) is 0.984. The van der Waals surface area contributed by atoms with Crippen molar-refractivity contribution in [1.29, 1.82) is 0 Å². The summed E-state index contributed by atoms with van der Waals surface area (Å²) in [6, 6.07) is 2.69. The average molecular weight is 208 g/mol. The number of hydrogen-bond donors (Lipinski definition) is 2. The molecule has 2 heterocycles. The molecule has 1 saturated heterocycles. The second-order valence-corrected chi connectivity index (χ2v) is 4.39. The molecule has 84 valence electrons. The third-order valence-corrected chi connectivity index (χ3v) is 3.09. The highest BCUT2D eigenvalue weighted by Crippen LogP contribution is 2.09. The summed E-state index contributed by atoms with van der Waals surface area (Å²) in [6.07, 6.45) is 5.65. The topological polar surface area (TPSA) is 44.0 Å². The molecule has 2 N–H and O–H groups in total. The highest BCUT2D eigenvalue weighted by Gasteiger charge is 2.13. The van der Waals surface area contributed by atoms with E-state index in [1.165, 1.54) is 38.0 Å². The van der Waals surface area contributed by atoms with Crippen molar-refractivity contribution < 1.29 is 0 Å². The average Bonchev–Trinajstić information content (AvgIpc) is 2.66. The zero-order chi connectivity index (χ0) is 10.5. The van der Waals surface area contributed by atoms with Crippen LogP contribution in [-0.4, -0.2) is 41.3 Å². The van der Waals surface area contributed by atoms with Crippen molar-refractivity contribution in [1.82, 2.24) is 20.4 Å². The molecule has 1 aromatic heterocycles. The fourth-order valence-corrected chi connectivity index (χ4v) is 2.08. The Morgan fingerprint density at radius 2 is 2.47 bits per heavy atom. The predicted molar refractivity (Wildman–Crippen MR) is 60.6 cm³/mol. The van der Waals surface area contributed by atoms with Crippen molar-refractivity contribution in [2.75, 3.05) is 20.1 Å². The van der Waals surface area contributed by atoms with E-state index in [0.29, 0.717) is 6.04 Å². The van der Waals surface area contributed by atoms with Crippen LogP contribution in [0.25, 0.3) is 0 Å². The molecule has 15 heavy (non-hydrogen) atoms. The molecule has 0 aromatic carbocycles. The second kappa shape index (κ2) is 5.28. The molecule has 1 unspecified atom stereocenters. The van der Waals surface area contributed by atoms with Crippen molar-refractivity contribution in [3.8, 4) is 0 Å². The van der Waals surface area contributed by atoms with Gasteiger partial charge in [-0.2, -0.15) is 5.10 Å². The van der Waals surface area contributed by atoms with Crippen LogP contribution in [0.4, 0.5) is 0 Å². The molecule has 1 aliphatic heterocycles. The summed E-state index contributed by atoms with van der Waals surface area (Å²) in [5.74, 6) is 0. The Kier molecular flexibility index (Phi) is 3.75. The molecule has 0 amide bonds. The molecular weight excluding hydrogens is 188 g/mol. The number of aromatic nitrogens is 2. The summed E-state index contributed by atoms with van der Waals surface area (Å²) < 4.78 is 0. The van der Waals surface area contributed by atoms with E-state index in [4.69, 9.17) is 0 Å². The summed E-state index contributed by atoms with van der Waals surface area (Å²) in [4.78, 5) is 2.41. The Morgan fingerprint density at radius 3 is 3.27 bits per heavy atom. The number of nitrogens with one attached hydrogen (secondary N) is 2. The van der Waals surface area contributed by atoms with E-state index in [1.54, 1.807) is 6.20 Å². The van der Waals surface area contributed by atoms with Gasteiger partial charge in [0.2, 0.25) is 0 Å². The number of aromatic amines is 1. The summed E-state index contributed by atoms with van der Waals surface area (Å²) >= 11 is 0. The van der Waals surface area contributed by atoms with E-state index in [2.05, 4.69) is 27.5 Å². The third-order valence-electron chi connectivity index (χ3n) is 3.09. The van der Waals surface area contributed by atoms with E-state index in [1.807, 2.05) is 6.07 Å². The first-order valence-corrected chi connectivity index (χ1v) is 5.75. The maximum atomic E-state index is 3.94. The molecule has 4 heteroatoms. The van der Waals surface area contributed by atoms with Gasteiger partial charge in [0.25, 0.3) is 0 Å². The minimum absolute atomic E-state index is 0.665. The van der Waals surface area contributed by atoms with Crippen LogP contribution in [0.5, 0.6) is 0 Å². The fourth-order valence-electron chi connectivity index (χ4n) is 2.08. The first kappa shape index (κ1) is 10.6. The maximum Gasteiger partial charge on any atom is 0.0490 e. The highest BCUT2D eigenvalue weighted by molar-refractivity contribution is 4.97. The van der Waals surface area contributed by atoms with Gasteiger partial charge in [-0.25, -0.2) is 0 Å². The van der Waals surface area contributed by atoms with Gasteiger partial charge in [0, 0.05) is 24.5 Å². The monoisotopic (exact) mass is 208 g/mol. The molecule has 1 atom stereocenters. The number of hydrogen-bond acceptors (Lipinski definition) is 3. The van der Waals surface area contributed by atoms with Gasteiger partial charge in [0.05, 0.1) is 0 Å². The molecule has 0 bridgehead atoms. The van der Waals surface area contributed by atoms with Crippen LogP contribution >= 0.6 is 0 Å². The number of likely N-dealkylation sites (tertiary alicyclic amines) is 1. The number of nitrogens with zero attached hydrogens (tertiary/aromatic N) is 2. The zero-order valence-corrected chi connectivity index (χ0v) is 9.37. The molecule has 0 aliphatic carbocycles. The van der Waals surface area contributed by atoms with Crippen LogP contribution < -0.4 is 5.32 Å². The Bertz CT molecular complexity index is 270. The Morgan fingerprint density at radius 1 is 1.53 bits per heavy atom. The molecule has 1 aromatic rings. The molecule has 0 saturated carbocycles. The van der Waals surface area contributed by atoms with Gasteiger partial charge in [-0.15, -0.1) is 0 Å².